The number of para-hydroxylation sites is 1. The standard InChI is InChI=1S/C17H24N2O/c1-14-8-11-18(12-9-14)13-17(20)19-10-4-6-15-5-2-3-7-16(15)19/h2-3,5,7,14H,4,6,8-13H2,1H3. The molecule has 2 aliphatic heterocycles. The van der Waals surface area contributed by atoms with Gasteiger partial charge in [0.15, 0.2) is 0 Å². The van der Waals surface area contributed by atoms with Crippen molar-refractivity contribution in [3.05, 3.63) is 29.8 Å². The molecule has 2 heterocycles. The van der Waals surface area contributed by atoms with E-state index in [0.29, 0.717) is 6.54 Å². The van der Waals surface area contributed by atoms with E-state index in [1.165, 1.54) is 18.4 Å². The van der Waals surface area contributed by atoms with Crippen molar-refractivity contribution in [2.24, 2.45) is 5.92 Å². The Labute approximate surface area is 121 Å². The van der Waals surface area contributed by atoms with Crippen molar-refractivity contribution in [3.63, 3.8) is 0 Å². The fraction of sp³-hybridized carbons (Fsp3) is 0.588. The maximum Gasteiger partial charge on any atom is 0.241 e. The molecule has 1 fully saturated rings. The van der Waals surface area contributed by atoms with E-state index in [4.69, 9.17) is 0 Å². The van der Waals surface area contributed by atoms with Gasteiger partial charge >= 0.3 is 0 Å². The molecule has 0 aromatic heterocycles. The second-order valence-electron chi connectivity index (χ2n) is 6.24. The average molecular weight is 272 g/mol. The molecule has 1 saturated heterocycles. The second kappa shape index (κ2) is 5.96. The van der Waals surface area contributed by atoms with Gasteiger partial charge in [0.2, 0.25) is 5.91 Å². The molecule has 3 heteroatoms. The third-order valence-electron chi connectivity index (χ3n) is 4.65. The van der Waals surface area contributed by atoms with Crippen LogP contribution in [0.4, 0.5) is 5.69 Å². The second-order valence-corrected chi connectivity index (χ2v) is 6.24. The van der Waals surface area contributed by atoms with E-state index in [1.807, 2.05) is 11.0 Å². The number of piperidine rings is 1. The van der Waals surface area contributed by atoms with E-state index in [9.17, 15) is 4.79 Å². The van der Waals surface area contributed by atoms with Crippen LogP contribution < -0.4 is 4.90 Å². The summed E-state index contributed by atoms with van der Waals surface area (Å²) >= 11 is 0. The summed E-state index contributed by atoms with van der Waals surface area (Å²) in [6.07, 6.45) is 4.63. The van der Waals surface area contributed by atoms with E-state index in [1.54, 1.807) is 0 Å². The van der Waals surface area contributed by atoms with Gasteiger partial charge in [0, 0.05) is 12.2 Å². The van der Waals surface area contributed by atoms with Gasteiger partial charge in [0.25, 0.3) is 0 Å². The minimum atomic E-state index is 0.270. The number of rotatable bonds is 2. The normalized spacial score (nSPS) is 20.8. The Kier molecular flexibility index (Phi) is 4.06. The van der Waals surface area contributed by atoms with Gasteiger partial charge in [-0.15, -0.1) is 0 Å². The summed E-state index contributed by atoms with van der Waals surface area (Å²) < 4.78 is 0. The van der Waals surface area contributed by atoms with Gasteiger partial charge < -0.3 is 4.90 Å². The van der Waals surface area contributed by atoms with Crippen molar-refractivity contribution in [3.8, 4) is 0 Å². The lowest BCUT2D eigenvalue weighted by molar-refractivity contribution is -0.120. The van der Waals surface area contributed by atoms with Crippen molar-refractivity contribution in [2.75, 3.05) is 31.1 Å². The maximum absolute atomic E-state index is 12.6. The molecular weight excluding hydrogens is 248 g/mol. The first-order valence-corrected chi connectivity index (χ1v) is 7.84. The third-order valence-corrected chi connectivity index (χ3v) is 4.65. The van der Waals surface area contributed by atoms with Gasteiger partial charge in [-0.1, -0.05) is 25.1 Å². The van der Waals surface area contributed by atoms with Crippen molar-refractivity contribution >= 4 is 11.6 Å². The van der Waals surface area contributed by atoms with Gasteiger partial charge in [-0.05, 0) is 56.3 Å². The van der Waals surface area contributed by atoms with Crippen LogP contribution >= 0.6 is 0 Å². The topological polar surface area (TPSA) is 23.6 Å². The van der Waals surface area contributed by atoms with E-state index in [-0.39, 0.29) is 5.91 Å². The molecule has 108 valence electrons. The number of carbonyl (C=O) groups is 1. The van der Waals surface area contributed by atoms with Crippen LogP contribution in [0.3, 0.4) is 0 Å². The molecule has 1 aromatic rings. The lowest BCUT2D eigenvalue weighted by Crippen LogP contribution is -2.45. The zero-order chi connectivity index (χ0) is 13.9. The van der Waals surface area contributed by atoms with Gasteiger partial charge in [0.1, 0.15) is 0 Å². The molecule has 20 heavy (non-hydrogen) atoms. The minimum Gasteiger partial charge on any atom is -0.311 e. The summed E-state index contributed by atoms with van der Waals surface area (Å²) in [5, 5.41) is 0. The van der Waals surface area contributed by atoms with Crippen molar-refractivity contribution in [1.82, 2.24) is 4.90 Å². The Balaban J connectivity index is 1.66. The lowest BCUT2D eigenvalue weighted by atomic mass is 9.99. The summed E-state index contributed by atoms with van der Waals surface area (Å²) in [6, 6.07) is 8.34. The quantitative estimate of drug-likeness (QED) is 0.826. The molecule has 0 atom stereocenters. The Morgan fingerprint density at radius 2 is 1.95 bits per heavy atom. The van der Waals surface area contributed by atoms with Crippen LogP contribution in [0.15, 0.2) is 24.3 Å². The minimum absolute atomic E-state index is 0.270. The van der Waals surface area contributed by atoms with Crippen LogP contribution in [0.25, 0.3) is 0 Å². The van der Waals surface area contributed by atoms with Crippen LogP contribution in [-0.4, -0.2) is 37.0 Å². The monoisotopic (exact) mass is 272 g/mol. The summed E-state index contributed by atoms with van der Waals surface area (Å²) in [7, 11) is 0. The first-order chi connectivity index (χ1) is 9.74. The van der Waals surface area contributed by atoms with Crippen LogP contribution in [0.5, 0.6) is 0 Å². The number of benzene rings is 1. The van der Waals surface area contributed by atoms with Gasteiger partial charge in [-0.2, -0.15) is 0 Å². The summed E-state index contributed by atoms with van der Waals surface area (Å²) in [4.78, 5) is 16.9. The number of aryl methyl sites for hydroxylation is 1. The average Bonchev–Trinajstić information content (AvgIpc) is 2.49. The predicted octanol–water partition coefficient (Wildman–Crippen LogP) is 2.70. The number of hydrogen-bond donors (Lipinski definition) is 0. The number of amides is 1. The first kappa shape index (κ1) is 13.6. The molecule has 0 saturated carbocycles. The number of anilines is 1. The Hall–Kier alpha value is -1.35. The molecule has 0 N–H and O–H groups in total. The van der Waals surface area contributed by atoms with Crippen molar-refractivity contribution in [1.29, 1.82) is 0 Å². The van der Waals surface area contributed by atoms with Crippen LogP contribution in [0, 0.1) is 5.92 Å². The molecule has 1 amide bonds. The molecule has 3 nitrogen and oxygen atoms in total. The highest BCUT2D eigenvalue weighted by molar-refractivity contribution is 5.95. The molecule has 0 bridgehead atoms. The highest BCUT2D eigenvalue weighted by Crippen LogP contribution is 2.27. The Morgan fingerprint density at radius 1 is 1.20 bits per heavy atom. The molecule has 2 aliphatic rings. The van der Waals surface area contributed by atoms with Gasteiger partial charge in [0.05, 0.1) is 6.54 Å². The molecule has 0 unspecified atom stereocenters. The van der Waals surface area contributed by atoms with Crippen LogP contribution in [0.2, 0.25) is 0 Å². The number of carbonyl (C=O) groups excluding carboxylic acids is 1. The number of likely N-dealkylation sites (tertiary alicyclic amines) is 1. The Morgan fingerprint density at radius 3 is 2.75 bits per heavy atom. The highest BCUT2D eigenvalue weighted by atomic mass is 16.2. The smallest absolute Gasteiger partial charge is 0.241 e. The molecule has 0 aliphatic carbocycles. The van der Waals surface area contributed by atoms with Crippen molar-refractivity contribution < 1.29 is 4.79 Å². The first-order valence-electron chi connectivity index (χ1n) is 7.84. The van der Waals surface area contributed by atoms with E-state index in [0.717, 1.165) is 44.1 Å². The zero-order valence-electron chi connectivity index (χ0n) is 12.3. The van der Waals surface area contributed by atoms with Crippen molar-refractivity contribution in [2.45, 2.75) is 32.6 Å². The summed E-state index contributed by atoms with van der Waals surface area (Å²) in [5.41, 5.74) is 2.45. The SMILES string of the molecule is CC1CCN(CC(=O)N2CCCc3ccccc32)CC1. The summed E-state index contributed by atoms with van der Waals surface area (Å²) in [6.45, 7) is 5.91. The van der Waals surface area contributed by atoms with Gasteiger partial charge in [-0.25, -0.2) is 0 Å². The van der Waals surface area contributed by atoms with Gasteiger partial charge in [-0.3, -0.25) is 9.69 Å². The fourth-order valence-corrected chi connectivity index (χ4v) is 3.29. The number of fused-ring (bicyclic) bond motifs is 1. The predicted molar refractivity (Wildman–Crippen MR) is 82.0 cm³/mol. The Bertz CT molecular complexity index is 478. The summed E-state index contributed by atoms with van der Waals surface area (Å²) in [5.74, 6) is 1.09. The largest absolute Gasteiger partial charge is 0.311 e. The molecular formula is C17H24N2O. The fourth-order valence-electron chi connectivity index (χ4n) is 3.29. The number of nitrogens with zero attached hydrogens (tertiary/aromatic N) is 2. The third kappa shape index (κ3) is 2.88. The maximum atomic E-state index is 12.6. The van der Waals surface area contributed by atoms with Crippen LogP contribution in [-0.2, 0) is 11.2 Å². The van der Waals surface area contributed by atoms with Crippen LogP contribution in [0.1, 0.15) is 31.7 Å². The number of hydrogen-bond acceptors (Lipinski definition) is 2. The molecule has 3 rings (SSSR count). The highest BCUT2D eigenvalue weighted by Gasteiger charge is 2.25. The zero-order valence-corrected chi connectivity index (χ0v) is 12.3. The molecule has 0 spiro atoms. The van der Waals surface area contributed by atoms with E-state index < -0.39 is 0 Å². The lowest BCUT2D eigenvalue weighted by Gasteiger charge is -2.34. The van der Waals surface area contributed by atoms with E-state index in [2.05, 4.69) is 30.0 Å². The molecule has 0 radical (unpaired) electrons. The molecule has 1 aromatic carbocycles. The van der Waals surface area contributed by atoms with E-state index >= 15 is 0 Å².